The van der Waals surface area contributed by atoms with Crippen LogP contribution in [0.2, 0.25) is 5.02 Å². The van der Waals surface area contributed by atoms with Gasteiger partial charge >= 0.3 is 0 Å². The molecule has 1 saturated carbocycles. The van der Waals surface area contributed by atoms with Gasteiger partial charge in [-0.15, -0.1) is 0 Å². The van der Waals surface area contributed by atoms with Gasteiger partial charge in [0, 0.05) is 23.8 Å². The Morgan fingerprint density at radius 1 is 1.12 bits per heavy atom. The van der Waals surface area contributed by atoms with Gasteiger partial charge in [0.2, 0.25) is 0 Å². The van der Waals surface area contributed by atoms with Crippen LogP contribution >= 0.6 is 11.6 Å². The van der Waals surface area contributed by atoms with Gasteiger partial charge < -0.3 is 4.74 Å². The van der Waals surface area contributed by atoms with E-state index in [1.54, 1.807) is 0 Å². The second kappa shape index (κ2) is 9.34. The Kier molecular flexibility index (Phi) is 6.83. The van der Waals surface area contributed by atoms with Crippen molar-refractivity contribution in [1.29, 1.82) is 0 Å². The maximum atomic E-state index is 15.2. The van der Waals surface area contributed by atoms with Gasteiger partial charge in [0.1, 0.15) is 16.3 Å². The summed E-state index contributed by atoms with van der Waals surface area (Å²) in [4.78, 5) is 12.0. The fourth-order valence-corrected chi connectivity index (χ4v) is 7.95. The van der Waals surface area contributed by atoms with Crippen molar-refractivity contribution in [3.8, 4) is 5.75 Å². The Bertz CT molecular complexity index is 1150. The van der Waals surface area contributed by atoms with E-state index >= 15 is 4.39 Å². The van der Waals surface area contributed by atoms with Gasteiger partial charge in [-0.3, -0.25) is 4.79 Å². The van der Waals surface area contributed by atoms with Crippen molar-refractivity contribution in [2.45, 2.75) is 61.5 Å². The van der Waals surface area contributed by atoms with Crippen molar-refractivity contribution in [3.63, 3.8) is 0 Å². The lowest BCUT2D eigenvalue weighted by Gasteiger charge is -2.49. The molecule has 8 heteroatoms. The van der Waals surface area contributed by atoms with E-state index in [1.807, 2.05) is 6.92 Å². The predicted molar refractivity (Wildman–Crippen MR) is 122 cm³/mol. The van der Waals surface area contributed by atoms with Crippen LogP contribution in [0.15, 0.2) is 41.3 Å². The summed E-state index contributed by atoms with van der Waals surface area (Å²) in [7, 11) is -4.13. The minimum absolute atomic E-state index is 0.0185. The lowest BCUT2D eigenvalue weighted by Crippen LogP contribution is -2.52. The average Bonchev–Trinajstić information content (AvgIpc) is 2.79. The molecule has 0 spiro atoms. The first kappa shape index (κ1) is 24.1. The van der Waals surface area contributed by atoms with Crippen molar-refractivity contribution in [2.75, 3.05) is 6.61 Å². The number of ether oxygens (including phenoxy) is 1. The fraction of sp³-hybridized carbons (Fsp3) is 0.480. The number of benzene rings is 2. The molecular weight excluding hydrogens is 470 g/mol. The summed E-state index contributed by atoms with van der Waals surface area (Å²) in [5, 5.41) is 0.382. The van der Waals surface area contributed by atoms with Crippen LogP contribution in [0.25, 0.3) is 0 Å². The smallest absolute Gasteiger partial charge is 0.188 e. The molecule has 0 aromatic heterocycles. The lowest BCUT2D eigenvalue weighted by atomic mass is 9.68. The highest BCUT2D eigenvalue weighted by Crippen LogP contribution is 2.57. The molecule has 4 nitrogen and oxygen atoms in total. The number of halogens is 3. The molecule has 178 valence electrons. The number of hydrogen-bond donors (Lipinski definition) is 0. The Labute approximate surface area is 198 Å². The highest BCUT2D eigenvalue weighted by Gasteiger charge is 2.59. The number of carbonyl (C=O) groups excluding carboxylic acids is 1. The average molecular weight is 497 g/mol. The number of sulfone groups is 1. The van der Waals surface area contributed by atoms with Crippen LogP contribution in [-0.2, 0) is 19.4 Å². The molecule has 0 amide bonds. The summed E-state index contributed by atoms with van der Waals surface area (Å²) in [6, 6.07) is 7.70. The van der Waals surface area contributed by atoms with E-state index in [4.69, 9.17) is 16.3 Å². The van der Waals surface area contributed by atoms with Crippen molar-refractivity contribution in [2.24, 2.45) is 11.8 Å². The molecule has 0 unspecified atom stereocenters. The Hall–Kier alpha value is -1.99. The topological polar surface area (TPSA) is 60.4 Å². The summed E-state index contributed by atoms with van der Waals surface area (Å²) in [5.74, 6) is -2.14. The molecule has 0 saturated heterocycles. The number of carbonyl (C=O) groups is 1. The van der Waals surface area contributed by atoms with E-state index in [2.05, 4.69) is 0 Å². The third kappa shape index (κ3) is 4.18. The molecule has 0 N–H and O–H groups in total. The molecule has 2 aliphatic rings. The zero-order valence-electron chi connectivity index (χ0n) is 18.5. The van der Waals surface area contributed by atoms with Crippen molar-refractivity contribution >= 4 is 27.2 Å². The summed E-state index contributed by atoms with van der Waals surface area (Å²) in [6.45, 7) is 1.93. The number of rotatable bonds is 7. The maximum Gasteiger partial charge on any atom is 0.188 e. The Morgan fingerprint density at radius 3 is 2.52 bits per heavy atom. The Balaban J connectivity index is 1.78. The summed E-state index contributed by atoms with van der Waals surface area (Å²) < 4.78 is 62.0. The molecular formula is C25H27ClF2O4S. The van der Waals surface area contributed by atoms with Crippen LogP contribution in [0, 0.1) is 23.5 Å². The van der Waals surface area contributed by atoms with Gasteiger partial charge in [-0.2, -0.15) is 0 Å². The molecule has 2 aromatic carbocycles. The second-order valence-corrected chi connectivity index (χ2v) is 11.7. The van der Waals surface area contributed by atoms with Gasteiger partial charge in [0.05, 0.1) is 17.1 Å². The highest BCUT2D eigenvalue weighted by molar-refractivity contribution is 7.92. The number of ketones is 1. The number of hydrogen-bond acceptors (Lipinski definition) is 4. The van der Waals surface area contributed by atoms with E-state index in [0.29, 0.717) is 37.1 Å². The van der Waals surface area contributed by atoms with E-state index < -0.39 is 32.1 Å². The van der Waals surface area contributed by atoms with Crippen LogP contribution in [0.1, 0.15) is 57.4 Å². The minimum Gasteiger partial charge on any atom is -0.490 e. The SMILES string of the molecule is CCCC(=O)CC[C@@H]1CC[C@@]2(S(=O)(=O)c3ccc(Cl)cc3)c3c(F)ccc(F)c3OC[C@H]2C1. The van der Waals surface area contributed by atoms with E-state index in [1.165, 1.54) is 24.3 Å². The van der Waals surface area contributed by atoms with E-state index in [-0.39, 0.29) is 40.9 Å². The highest BCUT2D eigenvalue weighted by atomic mass is 35.5. The van der Waals surface area contributed by atoms with Crippen molar-refractivity contribution in [3.05, 3.63) is 58.6 Å². The third-order valence-electron chi connectivity index (χ3n) is 7.08. The van der Waals surface area contributed by atoms with Gasteiger partial charge in [-0.25, -0.2) is 17.2 Å². The van der Waals surface area contributed by atoms with Crippen LogP contribution < -0.4 is 4.74 Å². The van der Waals surface area contributed by atoms with E-state index in [9.17, 15) is 17.6 Å². The molecule has 1 fully saturated rings. The minimum atomic E-state index is -4.13. The fourth-order valence-electron chi connectivity index (χ4n) is 5.46. The molecule has 1 heterocycles. The first-order valence-electron chi connectivity index (χ1n) is 11.3. The van der Waals surface area contributed by atoms with Gasteiger partial charge in [0.25, 0.3) is 0 Å². The van der Waals surface area contributed by atoms with Crippen LogP contribution in [0.3, 0.4) is 0 Å². The zero-order chi connectivity index (χ0) is 23.8. The second-order valence-electron chi connectivity index (χ2n) is 9.06. The van der Waals surface area contributed by atoms with Crippen LogP contribution in [-0.4, -0.2) is 20.8 Å². The molecule has 1 aliphatic carbocycles. The monoisotopic (exact) mass is 496 g/mol. The molecule has 2 aromatic rings. The molecule has 1 aliphatic heterocycles. The molecule has 4 rings (SSSR count). The summed E-state index contributed by atoms with van der Waals surface area (Å²) >= 11 is 5.96. The standard InChI is InChI=1S/C25H27ClF2O4S/c1-2-3-19(29)7-4-16-12-13-25(33(30,31)20-8-5-18(26)6-9-20)17(14-16)15-32-24-22(28)11-10-21(27)23(24)25/h5-6,8-11,16-17H,2-4,7,12-15H2,1H3/t16-,17-,25+/m1/s1. The molecule has 33 heavy (non-hydrogen) atoms. The van der Waals surface area contributed by atoms with Gasteiger partial charge in [0.15, 0.2) is 21.4 Å². The first-order valence-corrected chi connectivity index (χ1v) is 13.2. The zero-order valence-corrected chi connectivity index (χ0v) is 20.0. The van der Waals surface area contributed by atoms with E-state index in [0.717, 1.165) is 18.6 Å². The normalized spacial score (nSPS) is 24.5. The predicted octanol–water partition coefficient (Wildman–Crippen LogP) is 6.25. The first-order chi connectivity index (χ1) is 15.7. The number of Topliss-reactive ketones (excluding diaryl/α,β-unsaturated/α-hetero) is 1. The third-order valence-corrected chi connectivity index (χ3v) is 9.92. The number of fused-ring (bicyclic) bond motifs is 3. The molecule has 0 bridgehead atoms. The quantitative estimate of drug-likeness (QED) is 0.455. The Morgan fingerprint density at radius 2 is 1.82 bits per heavy atom. The molecule has 0 radical (unpaired) electrons. The van der Waals surface area contributed by atoms with Crippen molar-refractivity contribution < 1.29 is 26.7 Å². The van der Waals surface area contributed by atoms with Crippen molar-refractivity contribution in [1.82, 2.24) is 0 Å². The maximum absolute atomic E-state index is 15.2. The van der Waals surface area contributed by atoms with Gasteiger partial charge in [-0.1, -0.05) is 18.5 Å². The summed E-state index contributed by atoms with van der Waals surface area (Å²) in [5.41, 5.74) is -0.214. The van der Waals surface area contributed by atoms with Gasteiger partial charge in [-0.05, 0) is 74.4 Å². The van der Waals surface area contributed by atoms with Crippen LogP contribution in [0.5, 0.6) is 5.75 Å². The summed E-state index contributed by atoms with van der Waals surface area (Å²) in [6.07, 6.45) is 3.52. The lowest BCUT2D eigenvalue weighted by molar-refractivity contribution is -0.119. The van der Waals surface area contributed by atoms with Crippen LogP contribution in [0.4, 0.5) is 8.78 Å². The largest absolute Gasteiger partial charge is 0.490 e. The molecule has 3 atom stereocenters.